The van der Waals surface area contributed by atoms with Crippen molar-refractivity contribution in [3.05, 3.63) is 78.9 Å². The van der Waals surface area contributed by atoms with Crippen LogP contribution in [0.4, 0.5) is 0 Å². The van der Waals surface area contributed by atoms with Crippen molar-refractivity contribution in [2.24, 2.45) is 0 Å². The maximum absolute atomic E-state index is 10.9. The molecular formula is C24H15BO4. The van der Waals surface area contributed by atoms with Gasteiger partial charge >= 0.3 is 7.12 Å². The summed E-state index contributed by atoms with van der Waals surface area (Å²) in [7, 11) is -0.736. The van der Waals surface area contributed by atoms with Gasteiger partial charge in [0.1, 0.15) is 0 Å². The SMILES string of the molecule is Oc1c2c(O)c3cc4cc5ccccc5cc4cc3c1OB(c1ccccc1)O2. The molecule has 1 heterocycles. The van der Waals surface area contributed by atoms with Crippen molar-refractivity contribution in [1.82, 2.24) is 0 Å². The lowest BCUT2D eigenvalue weighted by Gasteiger charge is -2.27. The fraction of sp³-hybridized carbons (Fsp3) is 0. The van der Waals surface area contributed by atoms with Crippen LogP contribution in [0.3, 0.4) is 0 Å². The summed E-state index contributed by atoms with van der Waals surface area (Å²) in [5.41, 5.74) is 0.804. The molecule has 138 valence electrons. The van der Waals surface area contributed by atoms with Gasteiger partial charge < -0.3 is 19.5 Å². The van der Waals surface area contributed by atoms with Gasteiger partial charge in [0.25, 0.3) is 0 Å². The molecule has 0 atom stereocenters. The summed E-state index contributed by atoms with van der Waals surface area (Å²) in [6, 6.07) is 25.7. The Bertz CT molecular complexity index is 1430. The molecule has 0 saturated carbocycles. The molecule has 0 fully saturated rings. The van der Waals surface area contributed by atoms with Crippen LogP contribution < -0.4 is 14.8 Å². The van der Waals surface area contributed by atoms with Crippen LogP contribution in [0.5, 0.6) is 23.0 Å². The molecule has 2 bridgehead atoms. The maximum Gasteiger partial charge on any atom is 0.632 e. The third kappa shape index (κ3) is 2.34. The van der Waals surface area contributed by atoms with Crippen LogP contribution in [0.25, 0.3) is 32.3 Å². The molecule has 6 rings (SSSR count). The molecule has 5 heteroatoms. The number of hydrogen-bond acceptors (Lipinski definition) is 4. The highest BCUT2D eigenvalue weighted by molar-refractivity contribution is 6.63. The molecule has 29 heavy (non-hydrogen) atoms. The minimum absolute atomic E-state index is 0.0488. The number of phenolic OH excluding ortho intramolecular Hbond substituents is 2. The maximum atomic E-state index is 10.9. The van der Waals surface area contributed by atoms with Crippen molar-refractivity contribution in [3.8, 4) is 23.0 Å². The molecule has 0 spiro atoms. The number of benzene rings is 5. The van der Waals surface area contributed by atoms with Crippen molar-refractivity contribution >= 4 is 44.9 Å². The Morgan fingerprint density at radius 3 is 1.83 bits per heavy atom. The lowest BCUT2D eigenvalue weighted by atomic mass is 9.77. The highest BCUT2D eigenvalue weighted by atomic mass is 16.6. The first kappa shape index (κ1) is 16.1. The van der Waals surface area contributed by atoms with Gasteiger partial charge in [-0.25, -0.2) is 0 Å². The van der Waals surface area contributed by atoms with Crippen LogP contribution >= 0.6 is 0 Å². The molecule has 5 aromatic rings. The van der Waals surface area contributed by atoms with Crippen molar-refractivity contribution in [2.75, 3.05) is 0 Å². The zero-order valence-corrected chi connectivity index (χ0v) is 15.3. The smallest absolute Gasteiger partial charge is 0.519 e. The molecule has 0 radical (unpaired) electrons. The predicted octanol–water partition coefficient (Wildman–Crippen LogP) is 4.72. The van der Waals surface area contributed by atoms with Crippen molar-refractivity contribution in [1.29, 1.82) is 0 Å². The van der Waals surface area contributed by atoms with E-state index in [1.807, 2.05) is 54.6 Å². The number of rotatable bonds is 1. The fourth-order valence-electron chi connectivity index (χ4n) is 4.06. The van der Waals surface area contributed by atoms with Crippen LogP contribution in [0.2, 0.25) is 0 Å². The van der Waals surface area contributed by atoms with Gasteiger partial charge in [-0.3, -0.25) is 0 Å². The second-order valence-corrected chi connectivity index (χ2v) is 7.28. The van der Waals surface area contributed by atoms with E-state index in [2.05, 4.69) is 24.3 Å². The first-order valence-electron chi connectivity index (χ1n) is 9.41. The molecule has 0 aromatic heterocycles. The largest absolute Gasteiger partial charge is 0.632 e. The zero-order valence-electron chi connectivity index (χ0n) is 15.3. The van der Waals surface area contributed by atoms with Gasteiger partial charge in [0.05, 0.1) is 0 Å². The van der Waals surface area contributed by atoms with E-state index < -0.39 is 7.12 Å². The van der Waals surface area contributed by atoms with Crippen LogP contribution in [-0.4, -0.2) is 17.3 Å². The highest BCUT2D eigenvalue weighted by Gasteiger charge is 2.37. The van der Waals surface area contributed by atoms with Crippen LogP contribution in [-0.2, 0) is 0 Å². The van der Waals surface area contributed by atoms with Gasteiger partial charge in [0.15, 0.2) is 17.2 Å². The summed E-state index contributed by atoms with van der Waals surface area (Å²) in [5, 5.41) is 27.0. The van der Waals surface area contributed by atoms with E-state index in [0.717, 1.165) is 27.0 Å². The van der Waals surface area contributed by atoms with E-state index in [4.69, 9.17) is 9.31 Å². The molecular weight excluding hydrogens is 363 g/mol. The molecule has 0 aliphatic carbocycles. The fourth-order valence-corrected chi connectivity index (χ4v) is 4.06. The van der Waals surface area contributed by atoms with E-state index in [1.165, 1.54) is 0 Å². The minimum atomic E-state index is -0.736. The van der Waals surface area contributed by atoms with Crippen molar-refractivity contribution in [3.63, 3.8) is 0 Å². The molecule has 1 aliphatic heterocycles. The molecule has 4 nitrogen and oxygen atoms in total. The molecule has 0 unspecified atom stereocenters. The lowest BCUT2D eigenvalue weighted by molar-refractivity contribution is 0.338. The normalized spacial score (nSPS) is 12.9. The van der Waals surface area contributed by atoms with E-state index in [9.17, 15) is 10.2 Å². The highest BCUT2D eigenvalue weighted by Crippen LogP contribution is 2.53. The summed E-state index contributed by atoms with van der Waals surface area (Å²) in [5.74, 6) is 0.110. The molecule has 5 aromatic carbocycles. The van der Waals surface area contributed by atoms with Gasteiger partial charge in [0.2, 0.25) is 5.75 Å². The average Bonchev–Trinajstić information content (AvgIpc) is 2.76. The Labute approximate surface area is 166 Å². The summed E-state index contributed by atoms with van der Waals surface area (Å²) in [6.45, 7) is 0. The zero-order chi connectivity index (χ0) is 19.5. The summed E-state index contributed by atoms with van der Waals surface area (Å²) in [4.78, 5) is 0. The third-order valence-electron chi connectivity index (χ3n) is 5.51. The molecule has 2 N–H and O–H groups in total. The number of aromatic hydroxyl groups is 2. The second-order valence-electron chi connectivity index (χ2n) is 7.28. The van der Waals surface area contributed by atoms with Crippen molar-refractivity contribution in [2.45, 2.75) is 0 Å². The number of hydrogen-bond donors (Lipinski definition) is 2. The summed E-state index contributed by atoms with van der Waals surface area (Å²) < 4.78 is 11.8. The Hall–Kier alpha value is -3.86. The van der Waals surface area contributed by atoms with E-state index in [1.54, 1.807) is 0 Å². The Balaban J connectivity index is 1.62. The van der Waals surface area contributed by atoms with Gasteiger partial charge in [-0.2, -0.15) is 0 Å². The van der Waals surface area contributed by atoms with Crippen molar-refractivity contribution < 1.29 is 19.5 Å². The summed E-state index contributed by atoms with van der Waals surface area (Å²) in [6.07, 6.45) is 0. The van der Waals surface area contributed by atoms with Crippen LogP contribution in [0.15, 0.2) is 78.9 Å². The molecule has 1 aliphatic rings. The number of phenols is 2. The quantitative estimate of drug-likeness (QED) is 0.327. The van der Waals surface area contributed by atoms with Crippen LogP contribution in [0, 0.1) is 0 Å². The Kier molecular flexibility index (Phi) is 3.24. The topological polar surface area (TPSA) is 58.9 Å². The molecule has 0 amide bonds. The van der Waals surface area contributed by atoms with Gasteiger partial charge in [-0.05, 0) is 45.8 Å². The van der Waals surface area contributed by atoms with Crippen LogP contribution in [0.1, 0.15) is 0 Å². The summed E-state index contributed by atoms with van der Waals surface area (Å²) >= 11 is 0. The van der Waals surface area contributed by atoms with Gasteiger partial charge in [-0.1, -0.05) is 54.6 Å². The Morgan fingerprint density at radius 2 is 1.14 bits per heavy atom. The first-order valence-corrected chi connectivity index (χ1v) is 9.41. The second kappa shape index (κ2) is 5.82. The minimum Gasteiger partial charge on any atom is -0.519 e. The van der Waals surface area contributed by atoms with Gasteiger partial charge in [0, 0.05) is 16.2 Å². The molecule has 0 saturated heterocycles. The van der Waals surface area contributed by atoms with Gasteiger partial charge in [-0.15, -0.1) is 0 Å². The standard InChI is InChI=1S/C24H15BO4/c26-21-19-12-16-10-14-6-4-5-7-15(14)11-17(16)13-20(19)23-22(27)24(21)29-25(28-23)18-8-2-1-3-9-18/h1-13,26-27H. The lowest BCUT2D eigenvalue weighted by Crippen LogP contribution is -2.44. The third-order valence-corrected chi connectivity index (χ3v) is 5.51. The first-order chi connectivity index (χ1) is 14.2. The predicted molar refractivity (Wildman–Crippen MR) is 115 cm³/mol. The number of fused-ring (bicyclic) bond motifs is 6. The van der Waals surface area contributed by atoms with E-state index >= 15 is 0 Å². The monoisotopic (exact) mass is 378 g/mol. The Morgan fingerprint density at radius 1 is 0.552 bits per heavy atom. The van der Waals surface area contributed by atoms with E-state index in [-0.39, 0.29) is 17.2 Å². The van der Waals surface area contributed by atoms with E-state index in [0.29, 0.717) is 16.5 Å². The average molecular weight is 378 g/mol.